The quantitative estimate of drug-likeness (QED) is 0.832. The van der Waals surface area contributed by atoms with Crippen LogP contribution < -0.4 is 11.1 Å². The summed E-state index contributed by atoms with van der Waals surface area (Å²) in [7, 11) is 2.17. The Morgan fingerprint density at radius 3 is 2.44 bits per heavy atom. The van der Waals surface area contributed by atoms with E-state index in [4.69, 9.17) is 5.73 Å². The van der Waals surface area contributed by atoms with E-state index in [0.717, 1.165) is 19.6 Å². The predicted molar refractivity (Wildman–Crippen MR) is 76.9 cm³/mol. The number of nitrogens with two attached hydrogens (primary N) is 1. The van der Waals surface area contributed by atoms with Gasteiger partial charge in [-0.2, -0.15) is 0 Å². The Hall–Kier alpha value is -0.900. The second kappa shape index (κ2) is 5.39. The molecule has 0 amide bonds. The molecule has 1 saturated heterocycles. The third-order valence-electron chi connectivity index (χ3n) is 4.05. The Labute approximate surface area is 110 Å². The molecule has 100 valence electrons. The van der Waals surface area contributed by atoms with E-state index in [9.17, 15) is 0 Å². The van der Waals surface area contributed by atoms with Crippen molar-refractivity contribution in [2.75, 3.05) is 26.7 Å². The molecular formula is C15H25N3. The van der Waals surface area contributed by atoms with Crippen LogP contribution in [0.25, 0.3) is 0 Å². The first kappa shape index (κ1) is 13.5. The van der Waals surface area contributed by atoms with Crippen molar-refractivity contribution in [1.82, 2.24) is 10.2 Å². The Morgan fingerprint density at radius 2 is 1.89 bits per heavy atom. The topological polar surface area (TPSA) is 41.3 Å². The zero-order valence-electron chi connectivity index (χ0n) is 12.0. The smallest absolute Gasteiger partial charge is 0.0470 e. The first-order valence-corrected chi connectivity index (χ1v) is 6.75. The molecule has 2 rings (SSSR count). The fourth-order valence-corrected chi connectivity index (χ4v) is 3.14. The highest BCUT2D eigenvalue weighted by Crippen LogP contribution is 2.26. The zero-order chi connectivity index (χ0) is 13.3. The van der Waals surface area contributed by atoms with Crippen LogP contribution in [0.1, 0.15) is 28.3 Å². The van der Waals surface area contributed by atoms with Gasteiger partial charge in [0.15, 0.2) is 0 Å². The lowest BCUT2D eigenvalue weighted by atomic mass is 9.89. The van der Waals surface area contributed by atoms with Crippen LogP contribution in [0.4, 0.5) is 0 Å². The van der Waals surface area contributed by atoms with Gasteiger partial charge in [-0.3, -0.25) is 4.90 Å². The molecular weight excluding hydrogens is 222 g/mol. The molecule has 1 aliphatic rings. The van der Waals surface area contributed by atoms with Gasteiger partial charge in [0, 0.05) is 31.7 Å². The van der Waals surface area contributed by atoms with E-state index in [1.54, 1.807) is 0 Å². The van der Waals surface area contributed by atoms with E-state index in [1.165, 1.54) is 22.3 Å². The van der Waals surface area contributed by atoms with Gasteiger partial charge in [-0.05, 0) is 44.5 Å². The molecule has 3 heteroatoms. The summed E-state index contributed by atoms with van der Waals surface area (Å²) in [5.41, 5.74) is 11.8. The minimum absolute atomic E-state index is 0.0865. The predicted octanol–water partition coefficient (Wildman–Crippen LogP) is 1.52. The third-order valence-corrected chi connectivity index (χ3v) is 4.05. The van der Waals surface area contributed by atoms with Crippen LogP contribution in [0.5, 0.6) is 0 Å². The molecule has 1 aliphatic heterocycles. The molecule has 0 saturated carbocycles. The van der Waals surface area contributed by atoms with Crippen LogP contribution in [-0.4, -0.2) is 37.6 Å². The molecule has 18 heavy (non-hydrogen) atoms. The number of hydrogen-bond acceptors (Lipinski definition) is 3. The van der Waals surface area contributed by atoms with Crippen LogP contribution in [0.3, 0.4) is 0 Å². The fraction of sp³-hybridized carbons (Fsp3) is 0.600. The SMILES string of the molecule is Cc1cc(C)c(C(N)C2CNCCN2C)c(C)c1. The van der Waals surface area contributed by atoms with Crippen LogP contribution in [0.2, 0.25) is 0 Å². The fourth-order valence-electron chi connectivity index (χ4n) is 3.14. The van der Waals surface area contributed by atoms with E-state index in [2.05, 4.69) is 50.2 Å². The Bertz CT molecular complexity index is 405. The second-order valence-electron chi connectivity index (χ2n) is 5.59. The number of nitrogens with one attached hydrogen (secondary N) is 1. The Morgan fingerprint density at radius 1 is 1.28 bits per heavy atom. The minimum atomic E-state index is 0.0865. The highest BCUT2D eigenvalue weighted by Gasteiger charge is 2.27. The number of piperazine rings is 1. The van der Waals surface area contributed by atoms with E-state index in [0.29, 0.717) is 6.04 Å². The molecule has 0 aromatic heterocycles. The summed E-state index contributed by atoms with van der Waals surface area (Å²) in [6.07, 6.45) is 0. The van der Waals surface area contributed by atoms with Gasteiger partial charge in [0.25, 0.3) is 0 Å². The molecule has 0 aliphatic carbocycles. The van der Waals surface area contributed by atoms with Crippen molar-refractivity contribution in [3.63, 3.8) is 0 Å². The standard InChI is InChI=1S/C15H25N3/c1-10-7-11(2)14(12(3)8-10)15(16)13-9-17-5-6-18(13)4/h7-8,13,15,17H,5-6,9,16H2,1-4H3. The van der Waals surface area contributed by atoms with Crippen molar-refractivity contribution in [2.24, 2.45) is 5.73 Å². The van der Waals surface area contributed by atoms with E-state index in [1.807, 2.05) is 0 Å². The summed E-state index contributed by atoms with van der Waals surface area (Å²) in [6.45, 7) is 9.60. The van der Waals surface area contributed by atoms with Crippen LogP contribution >= 0.6 is 0 Å². The maximum Gasteiger partial charge on any atom is 0.0470 e. The van der Waals surface area contributed by atoms with Crippen molar-refractivity contribution in [2.45, 2.75) is 32.9 Å². The van der Waals surface area contributed by atoms with E-state index < -0.39 is 0 Å². The molecule has 3 N–H and O–H groups in total. The maximum absolute atomic E-state index is 6.53. The third kappa shape index (κ3) is 2.58. The van der Waals surface area contributed by atoms with Crippen molar-refractivity contribution in [3.8, 4) is 0 Å². The van der Waals surface area contributed by atoms with Crippen LogP contribution in [0, 0.1) is 20.8 Å². The molecule has 3 nitrogen and oxygen atoms in total. The lowest BCUT2D eigenvalue weighted by Crippen LogP contribution is -2.53. The maximum atomic E-state index is 6.53. The first-order chi connectivity index (χ1) is 8.50. The number of hydrogen-bond donors (Lipinski definition) is 2. The zero-order valence-corrected chi connectivity index (χ0v) is 12.0. The molecule has 2 atom stereocenters. The summed E-state index contributed by atoms with van der Waals surface area (Å²) in [5.74, 6) is 0. The number of likely N-dealkylation sites (N-methyl/N-ethyl adjacent to an activating group) is 1. The molecule has 0 spiro atoms. The highest BCUT2D eigenvalue weighted by molar-refractivity contribution is 5.40. The highest BCUT2D eigenvalue weighted by atomic mass is 15.2. The van der Waals surface area contributed by atoms with Gasteiger partial charge in [-0.25, -0.2) is 0 Å². The summed E-state index contributed by atoms with van der Waals surface area (Å²) in [4.78, 5) is 2.37. The van der Waals surface area contributed by atoms with E-state index >= 15 is 0 Å². The summed E-state index contributed by atoms with van der Waals surface area (Å²) < 4.78 is 0. The number of rotatable bonds is 2. The number of aryl methyl sites for hydroxylation is 3. The summed E-state index contributed by atoms with van der Waals surface area (Å²) in [6, 6.07) is 4.94. The summed E-state index contributed by atoms with van der Waals surface area (Å²) in [5, 5.41) is 3.44. The second-order valence-corrected chi connectivity index (χ2v) is 5.59. The van der Waals surface area contributed by atoms with Crippen LogP contribution in [0.15, 0.2) is 12.1 Å². The lowest BCUT2D eigenvalue weighted by molar-refractivity contribution is 0.173. The molecule has 1 aromatic carbocycles. The minimum Gasteiger partial charge on any atom is -0.323 e. The van der Waals surface area contributed by atoms with Gasteiger partial charge in [0.1, 0.15) is 0 Å². The van der Waals surface area contributed by atoms with Gasteiger partial charge < -0.3 is 11.1 Å². The lowest BCUT2D eigenvalue weighted by Gasteiger charge is -2.38. The van der Waals surface area contributed by atoms with Gasteiger partial charge >= 0.3 is 0 Å². The van der Waals surface area contributed by atoms with Crippen LogP contribution in [-0.2, 0) is 0 Å². The molecule has 1 heterocycles. The monoisotopic (exact) mass is 247 g/mol. The van der Waals surface area contributed by atoms with Gasteiger partial charge in [-0.15, -0.1) is 0 Å². The largest absolute Gasteiger partial charge is 0.323 e. The number of benzene rings is 1. The molecule has 0 bridgehead atoms. The van der Waals surface area contributed by atoms with Crippen molar-refractivity contribution in [3.05, 3.63) is 34.4 Å². The molecule has 0 radical (unpaired) electrons. The molecule has 1 aromatic rings. The Kier molecular flexibility index (Phi) is 4.05. The molecule has 2 unspecified atom stereocenters. The van der Waals surface area contributed by atoms with Gasteiger partial charge in [0.05, 0.1) is 0 Å². The average Bonchev–Trinajstić information content (AvgIpc) is 2.27. The average molecular weight is 247 g/mol. The van der Waals surface area contributed by atoms with Gasteiger partial charge in [0.2, 0.25) is 0 Å². The van der Waals surface area contributed by atoms with Crippen molar-refractivity contribution < 1.29 is 0 Å². The van der Waals surface area contributed by atoms with Crippen molar-refractivity contribution >= 4 is 0 Å². The van der Waals surface area contributed by atoms with Gasteiger partial charge in [-0.1, -0.05) is 17.7 Å². The van der Waals surface area contributed by atoms with E-state index in [-0.39, 0.29) is 6.04 Å². The normalized spacial score (nSPS) is 23.1. The summed E-state index contributed by atoms with van der Waals surface area (Å²) >= 11 is 0. The first-order valence-electron chi connectivity index (χ1n) is 6.75. The number of nitrogens with zero attached hydrogens (tertiary/aromatic N) is 1. The Balaban J connectivity index is 2.30. The van der Waals surface area contributed by atoms with Crippen molar-refractivity contribution in [1.29, 1.82) is 0 Å². The molecule has 1 fully saturated rings.